The Balaban J connectivity index is 0.000000517. The van der Waals surface area contributed by atoms with Crippen LogP contribution in [0.2, 0.25) is 0 Å². The number of carbonyl (C=O) groups is 1. The lowest BCUT2D eigenvalue weighted by Gasteiger charge is -2.34. The van der Waals surface area contributed by atoms with Gasteiger partial charge in [-0.25, -0.2) is 15.0 Å². The number of rotatable bonds is 15. The fourth-order valence-corrected chi connectivity index (χ4v) is 11.3. The molecule has 4 aromatic rings. The van der Waals surface area contributed by atoms with E-state index < -0.39 is 75.8 Å². The first-order chi connectivity index (χ1) is 34.0. The second kappa shape index (κ2) is 26.3. The topological polar surface area (TPSA) is 334 Å². The molecule has 3 fully saturated rings. The molecule has 4 aliphatic rings. The van der Waals surface area contributed by atoms with E-state index >= 15 is 0 Å². The van der Waals surface area contributed by atoms with Gasteiger partial charge in [0.1, 0.15) is 73.4 Å². The number of nitrogens with two attached hydrogens (primary N) is 2. The SMILES string of the molecule is CC[NH+](CC)CC.CC[NH+](CC)CC.NCC(=O)NCOCCNc1nc(N)c2ncn([C@@H]3O[C@@H]4COP([O-])(=S)O[C@H]5[C@@H](O)[C@H](n6cc7c8c(ncnc86)NCCC7)O[C@@H]5COP(=O)([S-])O[C@@H]3[C@@H]4O)c2n1. The van der Waals surface area contributed by atoms with Crippen LogP contribution in [0.15, 0.2) is 18.9 Å². The molecule has 71 heavy (non-hydrogen) atoms. The molecule has 398 valence electrons. The molecule has 26 nitrogen and oxygen atoms in total. The molecule has 30 heteroatoms. The molecule has 8 heterocycles. The third-order valence-electron chi connectivity index (χ3n) is 12.6. The van der Waals surface area contributed by atoms with Crippen LogP contribution in [0.25, 0.3) is 22.2 Å². The number of nitrogens with zero attached hydrogens (tertiary/aromatic N) is 7. The molecule has 4 aromatic heterocycles. The summed E-state index contributed by atoms with van der Waals surface area (Å²) in [5, 5.41) is 32.5. The van der Waals surface area contributed by atoms with Crippen molar-refractivity contribution in [1.29, 1.82) is 0 Å². The van der Waals surface area contributed by atoms with Crippen LogP contribution in [0.4, 0.5) is 17.6 Å². The zero-order valence-electron chi connectivity index (χ0n) is 40.9. The summed E-state index contributed by atoms with van der Waals surface area (Å²) in [6.07, 6.45) is -5.06. The minimum atomic E-state index is -4.52. The second-order valence-corrected chi connectivity index (χ2v) is 22.3. The summed E-state index contributed by atoms with van der Waals surface area (Å²) in [7, 11) is 0. The van der Waals surface area contributed by atoms with Gasteiger partial charge in [0.2, 0.25) is 18.7 Å². The van der Waals surface area contributed by atoms with Gasteiger partial charge in [-0.2, -0.15) is 9.97 Å². The highest BCUT2D eigenvalue weighted by molar-refractivity contribution is 8.32. The number of aryl methyl sites for hydroxylation is 1. The fourth-order valence-electron chi connectivity index (χ4n) is 8.47. The third kappa shape index (κ3) is 14.3. The van der Waals surface area contributed by atoms with Crippen molar-refractivity contribution in [1.82, 2.24) is 39.4 Å². The Labute approximate surface area is 423 Å². The highest BCUT2D eigenvalue weighted by atomic mass is 32.7. The predicted octanol–water partition coefficient (Wildman–Crippen LogP) is -1.89. The predicted molar refractivity (Wildman–Crippen MR) is 266 cm³/mol. The van der Waals surface area contributed by atoms with Crippen molar-refractivity contribution in [3.63, 3.8) is 0 Å². The number of hydrogen-bond acceptors (Lipinski definition) is 23. The standard InChI is InChI=1S/C29H40N12O12P2S2.2C6H15N/c30-6-16(42)37-12-47-5-4-33-29-38-23(31)18-26(39-29)41(11-36-18)28-22-19(43)14(50-28)8-48-54(45,56)52-21-15(9-49-55(46,57)53-22)51-27(20(21)44)40-7-13-2-1-3-32-24-17(13)25(40)35-10-34-24;2*1-4-7(5-2)6-3/h7,10-11,14-15,19-22,27-28,43-44H,1-6,8-9,12,30H2,(H,37,42)(H,45,56)(H,46,57)(H,32,34,35)(H3,31,33,38,39);2*4-6H2,1-3H3/t14-,15-,19-,20-,21-,22-,27-,28-,54?,55?;;/m1../s1. The molecule has 11 N–H and O–H groups in total. The molecule has 0 saturated carbocycles. The van der Waals surface area contributed by atoms with Gasteiger partial charge in [0.25, 0.3) is 0 Å². The average Bonchev–Trinajstić information content (AvgIpc) is 4.07. The smallest absolute Gasteiger partial charge is 0.235 e. The maximum absolute atomic E-state index is 13.9. The van der Waals surface area contributed by atoms with Crippen LogP contribution in [0.5, 0.6) is 0 Å². The van der Waals surface area contributed by atoms with E-state index in [0.29, 0.717) is 17.9 Å². The maximum atomic E-state index is 13.9. The average molecular weight is 1080 g/mol. The molecule has 0 radical (unpaired) electrons. The molecule has 10 atom stereocenters. The van der Waals surface area contributed by atoms with Gasteiger partial charge in [-0.1, -0.05) is 11.8 Å². The van der Waals surface area contributed by atoms with Crippen LogP contribution in [0.1, 0.15) is 66.0 Å². The third-order valence-corrected chi connectivity index (χ3v) is 15.7. The van der Waals surface area contributed by atoms with Gasteiger partial charge in [0.05, 0.1) is 77.3 Å². The molecule has 0 aliphatic carbocycles. The van der Waals surface area contributed by atoms with Gasteiger partial charge in [0, 0.05) is 19.3 Å². The second-order valence-electron chi connectivity index (χ2n) is 16.9. The van der Waals surface area contributed by atoms with Crippen LogP contribution >= 0.6 is 13.5 Å². The van der Waals surface area contributed by atoms with Crippen LogP contribution in [0, 0.1) is 0 Å². The molecule has 2 bridgehead atoms. The fraction of sp³-hybridized carbons (Fsp3) is 0.707. The number of aliphatic hydroxyl groups is 2. The summed E-state index contributed by atoms with van der Waals surface area (Å²) < 4.78 is 57.3. The van der Waals surface area contributed by atoms with E-state index in [1.807, 2.05) is 0 Å². The number of ether oxygens (including phenoxy) is 3. The van der Waals surface area contributed by atoms with Crippen LogP contribution in [0.3, 0.4) is 0 Å². The van der Waals surface area contributed by atoms with E-state index in [4.69, 9.17) is 67.8 Å². The van der Waals surface area contributed by atoms with E-state index in [1.165, 1.54) is 56.5 Å². The van der Waals surface area contributed by atoms with E-state index in [-0.39, 0.29) is 55.3 Å². The quantitative estimate of drug-likeness (QED) is 0.0272. The first kappa shape index (κ1) is 57.0. The Morgan fingerprint density at radius 1 is 0.944 bits per heavy atom. The summed E-state index contributed by atoms with van der Waals surface area (Å²) in [6.45, 7) is 11.7. The molecule has 0 spiro atoms. The Bertz CT molecular complexity index is 2430. The van der Waals surface area contributed by atoms with Crippen molar-refractivity contribution in [3.8, 4) is 0 Å². The number of anilines is 3. The number of nitrogens with one attached hydrogen (secondary N) is 5. The van der Waals surface area contributed by atoms with Gasteiger partial charge in [-0.15, -0.1) is 0 Å². The summed E-state index contributed by atoms with van der Waals surface area (Å²) >= 11 is 10.5. The number of imidazole rings is 1. The zero-order chi connectivity index (χ0) is 51.5. The molecule has 8 rings (SSSR count). The van der Waals surface area contributed by atoms with Crippen molar-refractivity contribution < 1.29 is 66.6 Å². The highest BCUT2D eigenvalue weighted by Crippen LogP contribution is 2.54. The number of quaternary nitrogens is 2. The minimum Gasteiger partial charge on any atom is -0.780 e. The normalized spacial score (nSPS) is 28.6. The van der Waals surface area contributed by atoms with Crippen LogP contribution in [-0.4, -0.2) is 172 Å². The van der Waals surface area contributed by atoms with Crippen molar-refractivity contribution in [2.75, 3.05) is 102 Å². The largest absolute Gasteiger partial charge is 0.780 e. The van der Waals surface area contributed by atoms with Gasteiger partial charge in [0.15, 0.2) is 23.9 Å². The van der Waals surface area contributed by atoms with Crippen molar-refractivity contribution in [3.05, 3.63) is 24.4 Å². The number of hydrogen-bond donors (Lipinski definition) is 9. The van der Waals surface area contributed by atoms with E-state index in [9.17, 15) is 24.5 Å². The van der Waals surface area contributed by atoms with Crippen LogP contribution < -0.4 is 42.1 Å². The maximum Gasteiger partial charge on any atom is 0.235 e. The molecular formula is C41H70N14O12P2S2. The molecule has 2 unspecified atom stereocenters. The number of nitrogen functional groups attached to an aromatic ring is 1. The number of fused-ring (bicyclic) bond motifs is 4. The van der Waals surface area contributed by atoms with Crippen molar-refractivity contribution >= 4 is 83.3 Å². The van der Waals surface area contributed by atoms with Gasteiger partial charge in [-0.3, -0.25) is 13.9 Å². The monoisotopic (exact) mass is 1080 g/mol. The lowest BCUT2D eigenvalue weighted by molar-refractivity contribution is -0.894. The van der Waals surface area contributed by atoms with Gasteiger partial charge >= 0.3 is 0 Å². The van der Waals surface area contributed by atoms with E-state index in [1.54, 1.807) is 20.6 Å². The van der Waals surface area contributed by atoms with Gasteiger partial charge < -0.3 is 101 Å². The summed E-state index contributed by atoms with van der Waals surface area (Å²) in [4.78, 5) is 50.1. The van der Waals surface area contributed by atoms with Gasteiger partial charge in [-0.05, 0) is 59.9 Å². The first-order valence-electron chi connectivity index (χ1n) is 24.0. The summed E-state index contributed by atoms with van der Waals surface area (Å²) in [6, 6.07) is 0. The Hall–Kier alpha value is -3.25. The lowest BCUT2D eigenvalue weighted by atomic mass is 10.1. The van der Waals surface area contributed by atoms with Crippen molar-refractivity contribution in [2.45, 2.75) is 103 Å². The molecular weight excluding hydrogens is 1010 g/mol. The van der Waals surface area contributed by atoms with E-state index in [0.717, 1.165) is 23.9 Å². The zero-order valence-corrected chi connectivity index (χ0v) is 44.4. The number of aromatic nitrogens is 7. The lowest BCUT2D eigenvalue weighted by Crippen LogP contribution is -3.11. The summed E-state index contributed by atoms with van der Waals surface area (Å²) in [5.74, 6) is 0.317. The van der Waals surface area contributed by atoms with E-state index in [2.05, 4.69) is 82.4 Å². The van der Waals surface area contributed by atoms with Crippen molar-refractivity contribution in [2.24, 2.45) is 5.73 Å². The molecule has 1 amide bonds. The Kier molecular flexibility index (Phi) is 21.1. The number of aliphatic hydroxyl groups excluding tert-OH is 2. The summed E-state index contributed by atoms with van der Waals surface area (Å²) in [5.41, 5.74) is 13.1. The number of carbonyl (C=O) groups excluding carboxylic acids is 1. The Morgan fingerprint density at radius 2 is 1.62 bits per heavy atom. The number of amides is 1. The minimum absolute atomic E-state index is 0.0135. The van der Waals surface area contributed by atoms with Crippen LogP contribution in [-0.2, 0) is 72.1 Å². The molecule has 3 saturated heterocycles. The highest BCUT2D eigenvalue weighted by Gasteiger charge is 2.51. The molecule has 0 aromatic carbocycles. The Morgan fingerprint density at radius 3 is 2.28 bits per heavy atom. The molecule has 4 aliphatic heterocycles. The first-order valence-corrected chi connectivity index (χ1v) is 29.1.